The van der Waals surface area contributed by atoms with Crippen LogP contribution in [0.3, 0.4) is 0 Å². The zero-order valence-electron chi connectivity index (χ0n) is 12.0. The molecule has 1 aromatic carbocycles. The molecule has 0 amide bonds. The minimum Gasteiger partial charge on any atom is -0.494 e. The van der Waals surface area contributed by atoms with E-state index < -0.39 is 0 Å². The van der Waals surface area contributed by atoms with Crippen molar-refractivity contribution in [2.45, 2.75) is 51.3 Å². The van der Waals surface area contributed by atoms with Gasteiger partial charge >= 0.3 is 0 Å². The molecule has 0 aliphatic heterocycles. The van der Waals surface area contributed by atoms with E-state index in [-0.39, 0.29) is 0 Å². The summed E-state index contributed by atoms with van der Waals surface area (Å²) in [6, 6.07) is 8.79. The Kier molecular flexibility index (Phi) is 5.67. The third-order valence-corrected chi connectivity index (χ3v) is 3.78. The van der Waals surface area contributed by atoms with Crippen LogP contribution in [0.4, 0.5) is 0 Å². The summed E-state index contributed by atoms with van der Waals surface area (Å²) in [5, 5.41) is 3.63. The fraction of sp³-hybridized carbons (Fsp3) is 0.625. The van der Waals surface area contributed by atoms with Gasteiger partial charge in [0.1, 0.15) is 5.75 Å². The molecule has 1 aliphatic carbocycles. The largest absolute Gasteiger partial charge is 0.494 e. The Hall–Kier alpha value is -1.06. The maximum atomic E-state index is 5.57. The Bertz CT molecular complexity index is 381. The lowest BCUT2D eigenvalue weighted by Gasteiger charge is -2.31. The second-order valence-electron chi connectivity index (χ2n) is 5.13. The van der Waals surface area contributed by atoms with Gasteiger partial charge in [-0.05, 0) is 37.5 Å². The zero-order chi connectivity index (χ0) is 13.5. The summed E-state index contributed by atoms with van der Waals surface area (Å²) in [7, 11) is 1.82. The summed E-state index contributed by atoms with van der Waals surface area (Å²) >= 11 is 0. The number of hydrogen-bond donors (Lipinski definition) is 1. The Morgan fingerprint density at radius 2 is 2.11 bits per heavy atom. The molecule has 106 valence electrons. The lowest BCUT2D eigenvalue weighted by atomic mass is 9.92. The van der Waals surface area contributed by atoms with Crippen LogP contribution in [-0.4, -0.2) is 25.9 Å². The van der Waals surface area contributed by atoms with Gasteiger partial charge in [-0.15, -0.1) is 0 Å². The Morgan fingerprint density at radius 1 is 1.26 bits per heavy atom. The molecule has 0 aromatic heterocycles. The highest BCUT2D eigenvalue weighted by Gasteiger charge is 2.24. The molecular formula is C16H25NO2. The number of nitrogens with one attached hydrogen (secondary N) is 1. The molecule has 1 N–H and O–H groups in total. The summed E-state index contributed by atoms with van der Waals surface area (Å²) in [6.07, 6.45) is 5.34. The molecule has 3 heteroatoms. The number of benzene rings is 1. The minimum atomic E-state index is 0.365. The molecule has 2 atom stereocenters. The van der Waals surface area contributed by atoms with E-state index in [1.165, 1.54) is 31.2 Å². The standard InChI is InChI=1S/C16H25NO2/c1-3-19-14-8-6-7-13(11-14)12-17-15-9-4-5-10-16(15)18-2/h6-8,11,15-17H,3-5,9-10,12H2,1-2H3. The van der Waals surface area contributed by atoms with Crippen LogP contribution in [0.2, 0.25) is 0 Å². The SMILES string of the molecule is CCOc1cccc(CNC2CCCCC2OC)c1. The smallest absolute Gasteiger partial charge is 0.119 e. The first kappa shape index (κ1) is 14.4. The number of hydrogen-bond acceptors (Lipinski definition) is 3. The lowest BCUT2D eigenvalue weighted by Crippen LogP contribution is -2.42. The summed E-state index contributed by atoms with van der Waals surface area (Å²) < 4.78 is 11.1. The van der Waals surface area contributed by atoms with Crippen molar-refractivity contribution in [3.05, 3.63) is 29.8 Å². The Balaban J connectivity index is 1.88. The molecule has 0 bridgehead atoms. The molecule has 1 aromatic rings. The first-order valence-electron chi connectivity index (χ1n) is 7.31. The van der Waals surface area contributed by atoms with Crippen molar-refractivity contribution in [3.63, 3.8) is 0 Å². The number of methoxy groups -OCH3 is 1. The van der Waals surface area contributed by atoms with Crippen LogP contribution in [0.5, 0.6) is 5.75 Å². The van der Waals surface area contributed by atoms with Crippen LogP contribution in [0.25, 0.3) is 0 Å². The number of ether oxygens (including phenoxy) is 2. The molecule has 0 heterocycles. The van der Waals surface area contributed by atoms with Crippen LogP contribution in [0, 0.1) is 0 Å². The molecule has 2 unspecified atom stereocenters. The van der Waals surface area contributed by atoms with Crippen molar-refractivity contribution in [2.75, 3.05) is 13.7 Å². The fourth-order valence-electron chi connectivity index (χ4n) is 2.77. The molecule has 0 spiro atoms. The fourth-order valence-corrected chi connectivity index (χ4v) is 2.77. The highest BCUT2D eigenvalue weighted by molar-refractivity contribution is 5.28. The third kappa shape index (κ3) is 4.22. The lowest BCUT2D eigenvalue weighted by molar-refractivity contribution is 0.0413. The molecule has 2 rings (SSSR count). The average Bonchev–Trinajstić information content (AvgIpc) is 2.46. The summed E-state index contributed by atoms with van der Waals surface area (Å²) in [5.41, 5.74) is 1.27. The maximum Gasteiger partial charge on any atom is 0.119 e. The molecule has 1 aliphatic rings. The quantitative estimate of drug-likeness (QED) is 0.855. The van der Waals surface area contributed by atoms with Gasteiger partial charge in [-0.2, -0.15) is 0 Å². The van der Waals surface area contributed by atoms with Gasteiger partial charge in [0.15, 0.2) is 0 Å². The van der Waals surface area contributed by atoms with Crippen molar-refractivity contribution < 1.29 is 9.47 Å². The predicted molar refractivity (Wildman–Crippen MR) is 77.5 cm³/mol. The molecular weight excluding hydrogens is 238 g/mol. The van der Waals surface area contributed by atoms with Crippen molar-refractivity contribution in [3.8, 4) is 5.75 Å². The van der Waals surface area contributed by atoms with E-state index >= 15 is 0 Å². The van der Waals surface area contributed by atoms with E-state index in [1.807, 2.05) is 20.1 Å². The second kappa shape index (κ2) is 7.51. The molecule has 3 nitrogen and oxygen atoms in total. The predicted octanol–water partition coefficient (Wildman–Crippen LogP) is 3.13. The third-order valence-electron chi connectivity index (χ3n) is 3.78. The van der Waals surface area contributed by atoms with Gasteiger partial charge in [0.2, 0.25) is 0 Å². The van der Waals surface area contributed by atoms with Crippen molar-refractivity contribution in [2.24, 2.45) is 0 Å². The average molecular weight is 263 g/mol. The first-order chi connectivity index (χ1) is 9.33. The van der Waals surface area contributed by atoms with E-state index in [0.717, 1.165) is 12.3 Å². The van der Waals surface area contributed by atoms with E-state index in [4.69, 9.17) is 9.47 Å². The monoisotopic (exact) mass is 263 g/mol. The summed E-state index contributed by atoms with van der Waals surface area (Å²) in [5.74, 6) is 0.953. The highest BCUT2D eigenvalue weighted by atomic mass is 16.5. The Morgan fingerprint density at radius 3 is 2.89 bits per heavy atom. The van der Waals surface area contributed by atoms with Gasteiger partial charge < -0.3 is 14.8 Å². The van der Waals surface area contributed by atoms with Crippen LogP contribution in [0.1, 0.15) is 38.2 Å². The molecule has 1 fully saturated rings. The van der Waals surface area contributed by atoms with Gasteiger partial charge in [0, 0.05) is 19.7 Å². The van der Waals surface area contributed by atoms with Gasteiger partial charge in [-0.1, -0.05) is 25.0 Å². The van der Waals surface area contributed by atoms with Gasteiger partial charge in [0.05, 0.1) is 12.7 Å². The molecule has 0 saturated heterocycles. The Labute approximate surface area is 116 Å². The first-order valence-corrected chi connectivity index (χ1v) is 7.31. The van der Waals surface area contributed by atoms with Gasteiger partial charge in [-0.25, -0.2) is 0 Å². The van der Waals surface area contributed by atoms with Crippen LogP contribution in [0.15, 0.2) is 24.3 Å². The second-order valence-corrected chi connectivity index (χ2v) is 5.13. The summed E-state index contributed by atoms with van der Waals surface area (Å²) in [4.78, 5) is 0. The maximum absolute atomic E-state index is 5.57. The molecule has 19 heavy (non-hydrogen) atoms. The summed E-state index contributed by atoms with van der Waals surface area (Å²) in [6.45, 7) is 3.60. The van der Waals surface area contributed by atoms with Crippen LogP contribution >= 0.6 is 0 Å². The number of rotatable bonds is 6. The van der Waals surface area contributed by atoms with E-state index in [0.29, 0.717) is 18.8 Å². The van der Waals surface area contributed by atoms with Gasteiger partial charge in [0.25, 0.3) is 0 Å². The van der Waals surface area contributed by atoms with E-state index in [1.54, 1.807) is 0 Å². The zero-order valence-corrected chi connectivity index (χ0v) is 12.0. The van der Waals surface area contributed by atoms with E-state index in [9.17, 15) is 0 Å². The van der Waals surface area contributed by atoms with Gasteiger partial charge in [-0.3, -0.25) is 0 Å². The molecule has 0 radical (unpaired) electrons. The van der Waals surface area contributed by atoms with Crippen molar-refractivity contribution in [1.29, 1.82) is 0 Å². The highest BCUT2D eigenvalue weighted by Crippen LogP contribution is 2.21. The topological polar surface area (TPSA) is 30.5 Å². The van der Waals surface area contributed by atoms with Crippen LogP contribution < -0.4 is 10.1 Å². The van der Waals surface area contributed by atoms with Crippen molar-refractivity contribution >= 4 is 0 Å². The molecule has 1 saturated carbocycles. The normalized spacial score (nSPS) is 23.3. The van der Waals surface area contributed by atoms with E-state index in [2.05, 4.69) is 23.5 Å². The van der Waals surface area contributed by atoms with Crippen LogP contribution in [-0.2, 0) is 11.3 Å². The minimum absolute atomic E-state index is 0.365. The van der Waals surface area contributed by atoms with Crippen molar-refractivity contribution in [1.82, 2.24) is 5.32 Å².